The van der Waals surface area contributed by atoms with Gasteiger partial charge in [0.1, 0.15) is 5.82 Å². The monoisotopic (exact) mass is 418 g/mol. The average Bonchev–Trinajstić information content (AvgIpc) is 3.04. The molecule has 8 heteroatoms. The maximum Gasteiger partial charge on any atom is 0.337 e. The zero-order valence-electron chi connectivity index (χ0n) is 15.5. The van der Waals surface area contributed by atoms with Crippen LogP contribution in [0.3, 0.4) is 0 Å². The molecule has 5 nitrogen and oxygen atoms in total. The van der Waals surface area contributed by atoms with Crippen molar-refractivity contribution in [3.63, 3.8) is 0 Å². The van der Waals surface area contributed by atoms with E-state index in [0.717, 1.165) is 15.1 Å². The summed E-state index contributed by atoms with van der Waals surface area (Å²) >= 11 is 2.86. The van der Waals surface area contributed by atoms with E-state index in [1.807, 2.05) is 17.6 Å². The van der Waals surface area contributed by atoms with Gasteiger partial charge in [0.15, 0.2) is 4.80 Å². The van der Waals surface area contributed by atoms with E-state index in [0.29, 0.717) is 22.7 Å². The standard InChI is InChI=1S/C20H19FN2O3S2/c1-3-23-16-9-4-13(19(25)26-2)12-17(16)28-20(23)22-18(24)10-11-27-15-7-5-14(21)6-8-15/h4-9,12H,3,10-11H2,1-2H3. The smallest absolute Gasteiger partial charge is 0.337 e. The third-order valence-electron chi connectivity index (χ3n) is 4.04. The van der Waals surface area contributed by atoms with Gasteiger partial charge in [-0.3, -0.25) is 4.79 Å². The van der Waals surface area contributed by atoms with Crippen LogP contribution < -0.4 is 4.80 Å². The first-order valence-electron chi connectivity index (χ1n) is 8.69. The van der Waals surface area contributed by atoms with Crippen LogP contribution in [0.5, 0.6) is 0 Å². The molecule has 0 unspecified atom stereocenters. The van der Waals surface area contributed by atoms with Crippen molar-refractivity contribution in [1.29, 1.82) is 0 Å². The minimum Gasteiger partial charge on any atom is -0.465 e. The van der Waals surface area contributed by atoms with Crippen LogP contribution in [0.15, 0.2) is 52.4 Å². The number of thiazole rings is 1. The molecule has 146 valence electrons. The molecule has 1 amide bonds. The SMILES string of the molecule is CCn1c(=NC(=O)CCSc2ccc(F)cc2)sc2cc(C(=O)OC)ccc21. The van der Waals surface area contributed by atoms with Crippen molar-refractivity contribution < 1.29 is 18.7 Å². The van der Waals surface area contributed by atoms with Gasteiger partial charge in [-0.05, 0) is 49.4 Å². The van der Waals surface area contributed by atoms with Crippen LogP contribution in [-0.2, 0) is 16.1 Å². The molecule has 0 aliphatic heterocycles. The Morgan fingerprint density at radius 1 is 1.21 bits per heavy atom. The van der Waals surface area contributed by atoms with Crippen molar-refractivity contribution in [3.05, 3.63) is 58.6 Å². The highest BCUT2D eigenvalue weighted by molar-refractivity contribution is 7.99. The molecule has 0 saturated carbocycles. The number of esters is 1. The molecular formula is C20H19FN2O3S2. The Kier molecular flexibility index (Phi) is 6.64. The van der Waals surface area contributed by atoms with Gasteiger partial charge in [0.2, 0.25) is 5.91 Å². The lowest BCUT2D eigenvalue weighted by Gasteiger charge is -2.02. The van der Waals surface area contributed by atoms with Gasteiger partial charge < -0.3 is 9.30 Å². The van der Waals surface area contributed by atoms with Crippen molar-refractivity contribution in [3.8, 4) is 0 Å². The maximum atomic E-state index is 12.9. The summed E-state index contributed by atoms with van der Waals surface area (Å²) in [7, 11) is 1.34. The molecule has 2 aromatic carbocycles. The second-order valence-corrected chi connectivity index (χ2v) is 8.04. The quantitative estimate of drug-likeness (QED) is 0.443. The van der Waals surface area contributed by atoms with E-state index >= 15 is 0 Å². The molecule has 0 bridgehead atoms. The van der Waals surface area contributed by atoms with Crippen LogP contribution in [0.4, 0.5) is 4.39 Å². The Hall–Kier alpha value is -2.45. The number of rotatable bonds is 6. The zero-order valence-corrected chi connectivity index (χ0v) is 17.1. The van der Waals surface area contributed by atoms with Crippen LogP contribution in [0, 0.1) is 5.82 Å². The van der Waals surface area contributed by atoms with Gasteiger partial charge in [0.25, 0.3) is 0 Å². The summed E-state index contributed by atoms with van der Waals surface area (Å²) in [6.45, 7) is 2.64. The molecule has 1 heterocycles. The first kappa shape index (κ1) is 20.3. The molecule has 0 saturated heterocycles. The second-order valence-electron chi connectivity index (χ2n) is 5.86. The molecule has 3 aromatic rings. The molecule has 0 spiro atoms. The summed E-state index contributed by atoms with van der Waals surface area (Å²) in [4.78, 5) is 29.8. The third kappa shape index (κ3) is 4.69. The van der Waals surface area contributed by atoms with E-state index in [1.54, 1.807) is 24.3 Å². The van der Waals surface area contributed by atoms with Crippen LogP contribution >= 0.6 is 23.1 Å². The van der Waals surface area contributed by atoms with Gasteiger partial charge in [-0.2, -0.15) is 4.99 Å². The van der Waals surface area contributed by atoms with Crippen molar-refractivity contribution in [2.24, 2.45) is 4.99 Å². The van der Waals surface area contributed by atoms with Crippen LogP contribution in [0.25, 0.3) is 10.2 Å². The number of fused-ring (bicyclic) bond motifs is 1. The largest absolute Gasteiger partial charge is 0.465 e. The number of carbonyl (C=O) groups is 2. The minimum absolute atomic E-state index is 0.212. The highest BCUT2D eigenvalue weighted by Gasteiger charge is 2.11. The lowest BCUT2D eigenvalue weighted by molar-refractivity contribution is -0.117. The summed E-state index contributed by atoms with van der Waals surface area (Å²) in [5.74, 6) is -0.320. The predicted octanol–water partition coefficient (Wildman–Crippen LogP) is 4.26. The molecule has 0 atom stereocenters. The van der Waals surface area contributed by atoms with Crippen LogP contribution in [0.1, 0.15) is 23.7 Å². The molecule has 0 aliphatic rings. The molecule has 0 radical (unpaired) electrons. The average molecular weight is 419 g/mol. The Labute approximate surface area is 169 Å². The van der Waals surface area contributed by atoms with E-state index in [1.165, 1.54) is 42.3 Å². The van der Waals surface area contributed by atoms with E-state index in [-0.39, 0.29) is 18.1 Å². The maximum absolute atomic E-state index is 12.9. The number of hydrogen-bond donors (Lipinski definition) is 0. The van der Waals surface area contributed by atoms with Crippen molar-refractivity contribution >= 4 is 45.2 Å². The van der Waals surface area contributed by atoms with Gasteiger partial charge in [-0.25, -0.2) is 9.18 Å². The Bertz CT molecular complexity index is 1070. The molecule has 1 aromatic heterocycles. The minimum atomic E-state index is -0.397. The lowest BCUT2D eigenvalue weighted by Crippen LogP contribution is -2.16. The topological polar surface area (TPSA) is 60.7 Å². The fourth-order valence-corrected chi connectivity index (χ4v) is 4.65. The van der Waals surface area contributed by atoms with Crippen molar-refractivity contribution in [2.45, 2.75) is 24.8 Å². The summed E-state index contributed by atoms with van der Waals surface area (Å²) in [6, 6.07) is 11.5. The summed E-state index contributed by atoms with van der Waals surface area (Å²) in [5.41, 5.74) is 1.39. The normalized spacial score (nSPS) is 11.8. The number of benzene rings is 2. The Morgan fingerprint density at radius 2 is 1.96 bits per heavy atom. The van der Waals surface area contributed by atoms with E-state index in [2.05, 4.69) is 4.99 Å². The summed E-state index contributed by atoms with van der Waals surface area (Å²) in [6.07, 6.45) is 0.285. The number of carbonyl (C=O) groups excluding carboxylic acids is 2. The van der Waals surface area contributed by atoms with Crippen LogP contribution in [0.2, 0.25) is 0 Å². The molecule has 0 fully saturated rings. The van der Waals surface area contributed by atoms with E-state index in [9.17, 15) is 14.0 Å². The third-order valence-corrected chi connectivity index (χ3v) is 6.09. The first-order valence-corrected chi connectivity index (χ1v) is 10.5. The highest BCUT2D eigenvalue weighted by atomic mass is 32.2. The number of nitrogens with zero attached hydrogens (tertiary/aromatic N) is 2. The van der Waals surface area contributed by atoms with Gasteiger partial charge in [0, 0.05) is 23.6 Å². The number of aryl methyl sites for hydroxylation is 1. The number of ether oxygens (including phenoxy) is 1. The Morgan fingerprint density at radius 3 is 2.64 bits per heavy atom. The number of aromatic nitrogens is 1. The molecule has 0 aliphatic carbocycles. The zero-order chi connectivity index (χ0) is 20.1. The number of methoxy groups -OCH3 is 1. The number of halogens is 1. The molecular weight excluding hydrogens is 399 g/mol. The fourth-order valence-electron chi connectivity index (χ4n) is 2.66. The number of hydrogen-bond acceptors (Lipinski definition) is 5. The highest BCUT2D eigenvalue weighted by Crippen LogP contribution is 2.21. The van der Waals surface area contributed by atoms with Crippen LogP contribution in [-0.4, -0.2) is 29.3 Å². The van der Waals surface area contributed by atoms with Gasteiger partial charge in [-0.1, -0.05) is 11.3 Å². The van der Waals surface area contributed by atoms with Crippen molar-refractivity contribution in [1.82, 2.24) is 4.57 Å². The van der Waals surface area contributed by atoms with E-state index in [4.69, 9.17) is 4.74 Å². The van der Waals surface area contributed by atoms with E-state index < -0.39 is 5.97 Å². The predicted molar refractivity (Wildman–Crippen MR) is 109 cm³/mol. The second kappa shape index (κ2) is 9.16. The summed E-state index contributed by atoms with van der Waals surface area (Å²) < 4.78 is 20.5. The number of thioether (sulfide) groups is 1. The van der Waals surface area contributed by atoms with Crippen molar-refractivity contribution in [2.75, 3.05) is 12.9 Å². The van der Waals surface area contributed by atoms with Gasteiger partial charge >= 0.3 is 5.97 Å². The number of amides is 1. The van der Waals surface area contributed by atoms with Gasteiger partial charge in [0.05, 0.1) is 22.9 Å². The molecule has 0 N–H and O–H groups in total. The Balaban J connectivity index is 1.76. The molecule has 28 heavy (non-hydrogen) atoms. The fraction of sp³-hybridized carbons (Fsp3) is 0.250. The summed E-state index contributed by atoms with van der Waals surface area (Å²) in [5, 5.41) is 0. The molecule has 3 rings (SSSR count). The van der Waals surface area contributed by atoms with Gasteiger partial charge in [-0.15, -0.1) is 11.8 Å². The lowest BCUT2D eigenvalue weighted by atomic mass is 10.2. The first-order chi connectivity index (χ1) is 13.5.